The average molecular weight is 306 g/mol. The molecule has 7 heteroatoms. The van der Waals surface area contributed by atoms with Crippen molar-refractivity contribution >= 4 is 39.9 Å². The number of carbonyl (C=O) groups is 1. The summed E-state index contributed by atoms with van der Waals surface area (Å²) in [5, 5.41) is 13.7. The third-order valence-electron chi connectivity index (χ3n) is 2.26. The zero-order valence-electron chi connectivity index (χ0n) is 10.9. The Morgan fingerprint density at radius 2 is 2.10 bits per heavy atom. The van der Waals surface area contributed by atoms with E-state index in [4.69, 9.17) is 0 Å². The number of aryl methyl sites for hydroxylation is 1. The molecule has 2 rings (SSSR count). The molecule has 104 valence electrons. The molecule has 0 aliphatic heterocycles. The van der Waals surface area contributed by atoms with Crippen molar-refractivity contribution in [2.24, 2.45) is 0 Å². The first-order valence-electron chi connectivity index (χ1n) is 5.89. The molecule has 2 aromatic rings. The summed E-state index contributed by atoms with van der Waals surface area (Å²) in [6.07, 6.45) is 1.79. The van der Waals surface area contributed by atoms with Gasteiger partial charge in [-0.1, -0.05) is 46.9 Å². The summed E-state index contributed by atoms with van der Waals surface area (Å²) in [6.45, 7) is 5.63. The summed E-state index contributed by atoms with van der Waals surface area (Å²) in [6, 6.07) is 7.24. The summed E-state index contributed by atoms with van der Waals surface area (Å²) in [4.78, 5) is 11.8. The molecule has 0 aliphatic carbocycles. The summed E-state index contributed by atoms with van der Waals surface area (Å²) in [7, 11) is 0. The first-order chi connectivity index (χ1) is 9.67. The molecule has 1 aromatic carbocycles. The molecule has 20 heavy (non-hydrogen) atoms. The fourth-order valence-corrected chi connectivity index (χ4v) is 2.85. The number of hydrogen-bond donors (Lipinski definition) is 2. The molecule has 0 atom stereocenters. The van der Waals surface area contributed by atoms with Crippen molar-refractivity contribution in [2.75, 3.05) is 16.4 Å². The summed E-state index contributed by atoms with van der Waals surface area (Å²) >= 11 is 2.86. The van der Waals surface area contributed by atoms with Crippen molar-refractivity contribution in [3.63, 3.8) is 0 Å². The maximum atomic E-state index is 11.8. The van der Waals surface area contributed by atoms with Gasteiger partial charge < -0.3 is 5.32 Å². The van der Waals surface area contributed by atoms with Gasteiger partial charge >= 0.3 is 6.03 Å². The van der Waals surface area contributed by atoms with Gasteiger partial charge in [-0.2, -0.15) is 0 Å². The Hall–Kier alpha value is -1.86. The van der Waals surface area contributed by atoms with Crippen LogP contribution < -0.4 is 10.6 Å². The van der Waals surface area contributed by atoms with Gasteiger partial charge in [0.25, 0.3) is 0 Å². The molecule has 0 aliphatic rings. The highest BCUT2D eigenvalue weighted by molar-refractivity contribution is 8.01. The zero-order valence-corrected chi connectivity index (χ0v) is 12.6. The monoisotopic (exact) mass is 306 g/mol. The lowest BCUT2D eigenvalue weighted by Gasteiger charge is -2.04. The molecule has 0 saturated carbocycles. The second kappa shape index (κ2) is 7.06. The molecule has 0 radical (unpaired) electrons. The quantitative estimate of drug-likeness (QED) is 0.501. The van der Waals surface area contributed by atoms with Crippen LogP contribution in [-0.4, -0.2) is 22.0 Å². The molecular weight excluding hydrogens is 292 g/mol. The van der Waals surface area contributed by atoms with Crippen LogP contribution in [0.25, 0.3) is 0 Å². The third-order valence-corrected chi connectivity index (χ3v) is 4.23. The molecule has 2 N–H and O–H groups in total. The highest BCUT2D eigenvalue weighted by Gasteiger charge is 2.08. The van der Waals surface area contributed by atoms with E-state index in [-0.39, 0.29) is 6.03 Å². The lowest BCUT2D eigenvalue weighted by molar-refractivity contribution is 0.262. The maximum Gasteiger partial charge on any atom is 0.325 e. The molecule has 1 heterocycles. The highest BCUT2D eigenvalue weighted by atomic mass is 32.2. The average Bonchev–Trinajstić information content (AvgIpc) is 2.86. The minimum atomic E-state index is -0.328. The lowest BCUT2D eigenvalue weighted by Crippen LogP contribution is -2.19. The summed E-state index contributed by atoms with van der Waals surface area (Å²) < 4.78 is 0.801. The van der Waals surface area contributed by atoms with Gasteiger partial charge in [0, 0.05) is 11.4 Å². The van der Waals surface area contributed by atoms with Gasteiger partial charge in [-0.3, -0.25) is 5.32 Å². The van der Waals surface area contributed by atoms with Crippen LogP contribution in [0, 0.1) is 6.92 Å². The van der Waals surface area contributed by atoms with E-state index >= 15 is 0 Å². The number of aromatic nitrogens is 2. The van der Waals surface area contributed by atoms with Crippen LogP contribution in [0.5, 0.6) is 0 Å². The molecule has 2 amide bonds. The Morgan fingerprint density at radius 1 is 1.35 bits per heavy atom. The maximum absolute atomic E-state index is 11.8. The van der Waals surface area contributed by atoms with Crippen molar-refractivity contribution in [3.8, 4) is 0 Å². The van der Waals surface area contributed by atoms with Crippen molar-refractivity contribution in [2.45, 2.75) is 11.3 Å². The van der Waals surface area contributed by atoms with Crippen molar-refractivity contribution in [3.05, 3.63) is 42.5 Å². The highest BCUT2D eigenvalue weighted by Crippen LogP contribution is 2.25. The van der Waals surface area contributed by atoms with Crippen LogP contribution in [0.4, 0.5) is 15.6 Å². The second-order valence-electron chi connectivity index (χ2n) is 3.92. The lowest BCUT2D eigenvalue weighted by atomic mass is 10.2. The van der Waals surface area contributed by atoms with Crippen LogP contribution >= 0.6 is 23.1 Å². The van der Waals surface area contributed by atoms with Gasteiger partial charge in [-0.05, 0) is 19.1 Å². The van der Waals surface area contributed by atoms with Crippen LogP contribution in [-0.2, 0) is 0 Å². The number of benzene rings is 1. The third kappa shape index (κ3) is 4.36. The molecule has 5 nitrogen and oxygen atoms in total. The smallest absolute Gasteiger partial charge is 0.308 e. The Bertz CT molecular complexity index is 595. The van der Waals surface area contributed by atoms with E-state index in [9.17, 15) is 4.79 Å². The molecule has 0 spiro atoms. The number of hydrogen-bond acceptors (Lipinski definition) is 5. The molecule has 0 bridgehead atoms. The number of carbonyl (C=O) groups excluding carboxylic acids is 1. The van der Waals surface area contributed by atoms with Crippen LogP contribution in [0.3, 0.4) is 0 Å². The van der Waals surface area contributed by atoms with Gasteiger partial charge in [0.2, 0.25) is 5.13 Å². The van der Waals surface area contributed by atoms with Crippen molar-refractivity contribution in [1.29, 1.82) is 0 Å². The van der Waals surface area contributed by atoms with Crippen LogP contribution in [0.1, 0.15) is 5.56 Å². The molecule has 0 unspecified atom stereocenters. The van der Waals surface area contributed by atoms with E-state index in [2.05, 4.69) is 27.4 Å². The van der Waals surface area contributed by atoms with E-state index in [1.54, 1.807) is 6.08 Å². The van der Waals surface area contributed by atoms with Gasteiger partial charge in [-0.15, -0.1) is 16.8 Å². The standard InChI is InChI=1S/C13H14N4OS2/c1-3-8-19-13-17-16-12(20-13)15-11(18)14-10-6-4-9(2)5-7-10/h3-7H,1,8H2,2H3,(H2,14,15,16,18). The number of nitrogens with zero attached hydrogens (tertiary/aromatic N) is 2. The number of nitrogens with one attached hydrogen (secondary N) is 2. The summed E-state index contributed by atoms with van der Waals surface area (Å²) in [5.74, 6) is 0.768. The Morgan fingerprint density at radius 3 is 2.80 bits per heavy atom. The predicted molar refractivity (Wildman–Crippen MR) is 84.7 cm³/mol. The molecule has 0 fully saturated rings. The van der Waals surface area contributed by atoms with Crippen LogP contribution in [0.15, 0.2) is 41.3 Å². The number of thioether (sulfide) groups is 1. The minimum absolute atomic E-state index is 0.328. The molecule has 1 aromatic heterocycles. The normalized spacial score (nSPS) is 10.1. The van der Waals surface area contributed by atoms with Gasteiger partial charge in [0.05, 0.1) is 0 Å². The van der Waals surface area contributed by atoms with Gasteiger partial charge in [0.1, 0.15) is 0 Å². The topological polar surface area (TPSA) is 66.9 Å². The van der Waals surface area contributed by atoms with Gasteiger partial charge in [0.15, 0.2) is 4.34 Å². The molecule has 0 saturated heterocycles. The number of rotatable bonds is 5. The number of urea groups is 1. The molecular formula is C13H14N4OS2. The van der Waals surface area contributed by atoms with E-state index < -0.39 is 0 Å². The number of amides is 2. The largest absolute Gasteiger partial charge is 0.325 e. The van der Waals surface area contributed by atoms with E-state index in [1.165, 1.54) is 23.1 Å². The minimum Gasteiger partial charge on any atom is -0.308 e. The summed E-state index contributed by atoms with van der Waals surface area (Å²) in [5.41, 5.74) is 1.88. The van der Waals surface area contributed by atoms with Gasteiger partial charge in [-0.25, -0.2) is 4.79 Å². The predicted octanol–water partition coefficient (Wildman–Crippen LogP) is 3.77. The van der Waals surface area contributed by atoms with E-state index in [0.717, 1.165) is 21.3 Å². The first kappa shape index (κ1) is 14.5. The Labute approximate surface area is 125 Å². The fraction of sp³-hybridized carbons (Fsp3) is 0.154. The Kier molecular flexibility index (Phi) is 5.14. The van der Waals surface area contributed by atoms with Crippen LogP contribution in [0.2, 0.25) is 0 Å². The number of anilines is 2. The van der Waals surface area contributed by atoms with Crippen molar-refractivity contribution in [1.82, 2.24) is 10.2 Å². The second-order valence-corrected chi connectivity index (χ2v) is 6.16. The van der Waals surface area contributed by atoms with E-state index in [1.807, 2.05) is 31.2 Å². The first-order valence-corrected chi connectivity index (χ1v) is 7.69. The fourth-order valence-electron chi connectivity index (χ4n) is 1.35. The SMILES string of the molecule is C=CCSc1nnc(NC(=O)Nc2ccc(C)cc2)s1. The Balaban J connectivity index is 1.89. The zero-order chi connectivity index (χ0) is 14.4. The van der Waals surface area contributed by atoms with Crippen molar-refractivity contribution < 1.29 is 4.79 Å². The van der Waals surface area contributed by atoms with E-state index in [0.29, 0.717) is 5.13 Å².